The van der Waals surface area contributed by atoms with E-state index in [0.717, 1.165) is 32.3 Å². The van der Waals surface area contributed by atoms with Gasteiger partial charge in [0, 0.05) is 15.6 Å². The third-order valence-corrected chi connectivity index (χ3v) is 6.96. The normalized spacial score (nSPS) is 15.3. The molecule has 27 heavy (non-hydrogen) atoms. The molecule has 0 amide bonds. The third-order valence-electron chi connectivity index (χ3n) is 5.60. The van der Waals surface area contributed by atoms with Crippen molar-refractivity contribution in [2.45, 2.75) is 71.8 Å². The molecule has 0 saturated carbocycles. The predicted octanol–water partition coefficient (Wildman–Crippen LogP) is 7.19. The quantitative estimate of drug-likeness (QED) is 0.511. The number of hydrogen-bond acceptors (Lipinski definition) is 1. The lowest BCUT2D eigenvalue weighted by atomic mass is 9.83. The summed E-state index contributed by atoms with van der Waals surface area (Å²) in [6.45, 7) is 17.5. The van der Waals surface area contributed by atoms with Crippen LogP contribution in [0, 0.1) is 0 Å². The average Bonchev–Trinajstić information content (AvgIpc) is 2.82. The molecule has 0 aromatic heterocycles. The Balaban J connectivity index is 2.39. The standard InChI is InChI=1S/C25H31BrO/c1-15(2)22(26)25(27)20-11-9-16(23(3,4)5)13-18(20)19-14-17(24(6,7)8)10-12-21(19)25/h9-14,27H,1-8H3. The molecule has 0 fully saturated rings. The summed E-state index contributed by atoms with van der Waals surface area (Å²) >= 11 is 3.71. The Kier molecular flexibility index (Phi) is 4.76. The monoisotopic (exact) mass is 426 g/mol. The first-order valence-corrected chi connectivity index (χ1v) is 10.4. The van der Waals surface area contributed by atoms with Gasteiger partial charge in [-0.2, -0.15) is 0 Å². The lowest BCUT2D eigenvalue weighted by molar-refractivity contribution is 0.135. The molecule has 1 nitrogen and oxygen atoms in total. The highest BCUT2D eigenvalue weighted by Crippen LogP contribution is 2.54. The van der Waals surface area contributed by atoms with Crippen LogP contribution in [-0.2, 0) is 16.4 Å². The van der Waals surface area contributed by atoms with Gasteiger partial charge in [-0.05, 0) is 46.9 Å². The molecule has 0 aliphatic heterocycles. The van der Waals surface area contributed by atoms with E-state index in [1.807, 2.05) is 13.8 Å². The maximum Gasteiger partial charge on any atom is 0.148 e. The minimum Gasteiger partial charge on any atom is -0.375 e. The zero-order chi connectivity index (χ0) is 20.4. The number of fused-ring (bicyclic) bond motifs is 3. The molecule has 0 spiro atoms. The summed E-state index contributed by atoms with van der Waals surface area (Å²) < 4.78 is 0.835. The molecule has 0 atom stereocenters. The van der Waals surface area contributed by atoms with Gasteiger partial charge in [0.25, 0.3) is 0 Å². The first kappa shape index (κ1) is 20.4. The molecule has 2 aromatic carbocycles. The van der Waals surface area contributed by atoms with Crippen molar-refractivity contribution >= 4 is 15.9 Å². The second-order valence-electron chi connectivity index (χ2n) is 10.0. The van der Waals surface area contributed by atoms with Crippen LogP contribution in [0.15, 0.2) is 46.5 Å². The number of rotatable bonds is 1. The fraction of sp³-hybridized carbons (Fsp3) is 0.440. The van der Waals surface area contributed by atoms with Gasteiger partial charge in [-0.3, -0.25) is 0 Å². The van der Waals surface area contributed by atoms with Crippen LogP contribution in [0.1, 0.15) is 77.6 Å². The highest BCUT2D eigenvalue weighted by Gasteiger charge is 2.45. The Labute approximate surface area is 172 Å². The Morgan fingerprint density at radius 1 is 0.778 bits per heavy atom. The molecule has 0 bridgehead atoms. The van der Waals surface area contributed by atoms with E-state index in [1.165, 1.54) is 11.1 Å². The van der Waals surface area contributed by atoms with Crippen LogP contribution in [0.5, 0.6) is 0 Å². The highest BCUT2D eigenvalue weighted by molar-refractivity contribution is 9.11. The summed E-state index contributed by atoms with van der Waals surface area (Å²) in [5.41, 5.74) is 6.85. The topological polar surface area (TPSA) is 20.2 Å². The minimum absolute atomic E-state index is 0.0608. The van der Waals surface area contributed by atoms with Crippen molar-refractivity contribution < 1.29 is 5.11 Å². The molecule has 2 heteroatoms. The number of allylic oxidation sites excluding steroid dienone is 1. The SMILES string of the molecule is CC(C)=C(Br)C1(O)c2ccc(C(C)(C)C)cc2-c2cc(C(C)(C)C)ccc21. The zero-order valence-corrected chi connectivity index (χ0v) is 19.4. The van der Waals surface area contributed by atoms with E-state index in [2.05, 4.69) is 93.9 Å². The largest absolute Gasteiger partial charge is 0.375 e. The molecule has 0 heterocycles. The molecule has 0 unspecified atom stereocenters. The van der Waals surface area contributed by atoms with Gasteiger partial charge in [-0.25, -0.2) is 0 Å². The molecule has 144 valence electrons. The van der Waals surface area contributed by atoms with E-state index >= 15 is 0 Å². The van der Waals surface area contributed by atoms with E-state index in [4.69, 9.17) is 0 Å². The van der Waals surface area contributed by atoms with Crippen LogP contribution in [-0.4, -0.2) is 5.11 Å². The fourth-order valence-electron chi connectivity index (χ4n) is 3.84. The van der Waals surface area contributed by atoms with E-state index in [9.17, 15) is 5.11 Å². The summed E-state index contributed by atoms with van der Waals surface area (Å²) in [5, 5.41) is 11.9. The summed E-state index contributed by atoms with van der Waals surface area (Å²) in [4.78, 5) is 0. The van der Waals surface area contributed by atoms with Crippen LogP contribution in [0.2, 0.25) is 0 Å². The number of halogens is 1. The molecule has 2 aromatic rings. The predicted molar refractivity (Wildman–Crippen MR) is 120 cm³/mol. The summed E-state index contributed by atoms with van der Waals surface area (Å²) in [6.07, 6.45) is 0. The number of benzene rings is 2. The Hall–Kier alpha value is -1.38. The van der Waals surface area contributed by atoms with Crippen LogP contribution in [0.25, 0.3) is 11.1 Å². The zero-order valence-electron chi connectivity index (χ0n) is 17.8. The number of aliphatic hydroxyl groups is 1. The maximum atomic E-state index is 11.9. The van der Waals surface area contributed by atoms with Crippen molar-refractivity contribution in [2.24, 2.45) is 0 Å². The van der Waals surface area contributed by atoms with E-state index < -0.39 is 5.60 Å². The van der Waals surface area contributed by atoms with Crippen molar-refractivity contribution in [3.63, 3.8) is 0 Å². The molecule has 3 rings (SSSR count). The lowest BCUT2D eigenvalue weighted by Crippen LogP contribution is -2.26. The summed E-state index contributed by atoms with van der Waals surface area (Å²) in [6, 6.07) is 13.1. The number of hydrogen-bond donors (Lipinski definition) is 1. The molecule has 0 saturated heterocycles. The smallest absolute Gasteiger partial charge is 0.148 e. The van der Waals surface area contributed by atoms with Gasteiger partial charge in [0.05, 0.1) is 0 Å². The van der Waals surface area contributed by atoms with Crippen molar-refractivity contribution in [3.05, 3.63) is 68.7 Å². The third kappa shape index (κ3) is 3.21. The van der Waals surface area contributed by atoms with Crippen molar-refractivity contribution in [2.75, 3.05) is 0 Å². The first-order valence-electron chi connectivity index (χ1n) is 9.64. The lowest BCUT2D eigenvalue weighted by Gasteiger charge is -2.28. The Bertz CT molecular complexity index is 868. The van der Waals surface area contributed by atoms with Crippen LogP contribution in [0.3, 0.4) is 0 Å². The van der Waals surface area contributed by atoms with Crippen LogP contribution in [0.4, 0.5) is 0 Å². The van der Waals surface area contributed by atoms with Gasteiger partial charge in [0.15, 0.2) is 0 Å². The van der Waals surface area contributed by atoms with Crippen LogP contribution >= 0.6 is 15.9 Å². The molecular weight excluding hydrogens is 396 g/mol. The minimum atomic E-state index is -1.13. The van der Waals surface area contributed by atoms with E-state index in [0.29, 0.717) is 0 Å². The summed E-state index contributed by atoms with van der Waals surface area (Å²) in [5.74, 6) is 0. The molecule has 1 N–H and O–H groups in total. The van der Waals surface area contributed by atoms with Gasteiger partial charge in [-0.1, -0.05) is 99.4 Å². The van der Waals surface area contributed by atoms with Crippen molar-refractivity contribution in [1.82, 2.24) is 0 Å². The van der Waals surface area contributed by atoms with Gasteiger partial charge >= 0.3 is 0 Å². The fourth-order valence-corrected chi connectivity index (χ4v) is 4.27. The molecule has 1 aliphatic rings. The van der Waals surface area contributed by atoms with Gasteiger partial charge in [0.2, 0.25) is 0 Å². The van der Waals surface area contributed by atoms with Crippen molar-refractivity contribution in [3.8, 4) is 11.1 Å². The average molecular weight is 427 g/mol. The summed E-state index contributed by atoms with van der Waals surface area (Å²) in [7, 11) is 0. The van der Waals surface area contributed by atoms with Gasteiger partial charge in [-0.15, -0.1) is 0 Å². The van der Waals surface area contributed by atoms with Crippen molar-refractivity contribution in [1.29, 1.82) is 0 Å². The van der Waals surface area contributed by atoms with Gasteiger partial charge in [0.1, 0.15) is 5.60 Å². The Morgan fingerprint density at radius 3 is 1.44 bits per heavy atom. The van der Waals surface area contributed by atoms with E-state index in [-0.39, 0.29) is 10.8 Å². The molecule has 1 aliphatic carbocycles. The second-order valence-corrected chi connectivity index (χ2v) is 10.8. The molecular formula is C25H31BrO. The van der Waals surface area contributed by atoms with Crippen LogP contribution < -0.4 is 0 Å². The highest BCUT2D eigenvalue weighted by atomic mass is 79.9. The second kappa shape index (κ2) is 6.32. The molecule has 0 radical (unpaired) electrons. The van der Waals surface area contributed by atoms with Gasteiger partial charge < -0.3 is 5.11 Å². The first-order chi connectivity index (χ1) is 12.3. The maximum absolute atomic E-state index is 11.9. The van der Waals surface area contributed by atoms with E-state index in [1.54, 1.807) is 0 Å². The Morgan fingerprint density at radius 2 is 1.15 bits per heavy atom.